The maximum atomic E-state index is 4.54. The van der Waals surface area contributed by atoms with Gasteiger partial charge < -0.3 is 5.32 Å². The number of hydrogen-bond donors (Lipinski definition) is 1. The molecule has 96 valence electrons. The molecule has 0 aliphatic heterocycles. The van der Waals surface area contributed by atoms with Crippen molar-refractivity contribution in [1.82, 2.24) is 19.7 Å². The minimum Gasteiger partial charge on any atom is -0.376 e. The van der Waals surface area contributed by atoms with Gasteiger partial charge in [0.25, 0.3) is 0 Å². The van der Waals surface area contributed by atoms with Crippen molar-refractivity contribution in [2.45, 2.75) is 40.3 Å². The van der Waals surface area contributed by atoms with E-state index in [4.69, 9.17) is 0 Å². The molecule has 0 aromatic carbocycles. The summed E-state index contributed by atoms with van der Waals surface area (Å²) in [6.07, 6.45) is 5.08. The summed E-state index contributed by atoms with van der Waals surface area (Å²) in [6.45, 7) is 9.29. The molecule has 0 saturated heterocycles. The lowest BCUT2D eigenvalue weighted by atomic mass is 10.1. The van der Waals surface area contributed by atoms with Crippen molar-refractivity contribution in [3.8, 4) is 0 Å². The van der Waals surface area contributed by atoms with Gasteiger partial charge in [-0.1, -0.05) is 0 Å². The first kappa shape index (κ1) is 12.5. The number of aryl methyl sites for hydroxylation is 2. The third kappa shape index (κ3) is 2.34. The number of aromatic nitrogens is 4. The van der Waals surface area contributed by atoms with E-state index in [0.717, 1.165) is 17.9 Å². The van der Waals surface area contributed by atoms with Crippen molar-refractivity contribution in [2.75, 3.05) is 5.32 Å². The molecule has 1 atom stereocenters. The molecule has 2 heterocycles. The van der Waals surface area contributed by atoms with Crippen LogP contribution in [0, 0.1) is 13.8 Å². The molecule has 0 fully saturated rings. The Morgan fingerprint density at radius 3 is 2.50 bits per heavy atom. The largest absolute Gasteiger partial charge is 0.376 e. The SMILES string of the molecule is CCn1nc(C)c(C(C)Nc2cncnc2)c1C. The number of nitrogens with one attached hydrogen (secondary N) is 1. The normalized spacial score (nSPS) is 12.4. The minimum absolute atomic E-state index is 0.191. The van der Waals surface area contributed by atoms with E-state index in [0.29, 0.717) is 0 Å². The summed E-state index contributed by atoms with van der Waals surface area (Å²) < 4.78 is 2.03. The first-order valence-corrected chi connectivity index (χ1v) is 6.19. The van der Waals surface area contributed by atoms with Crippen molar-refractivity contribution in [3.63, 3.8) is 0 Å². The molecule has 0 bridgehead atoms. The van der Waals surface area contributed by atoms with Gasteiger partial charge in [-0.25, -0.2) is 9.97 Å². The molecule has 0 radical (unpaired) electrons. The molecule has 0 aliphatic carbocycles. The fourth-order valence-electron chi connectivity index (χ4n) is 2.34. The summed E-state index contributed by atoms with van der Waals surface area (Å²) in [5.74, 6) is 0. The average molecular weight is 245 g/mol. The summed E-state index contributed by atoms with van der Waals surface area (Å²) >= 11 is 0. The smallest absolute Gasteiger partial charge is 0.115 e. The maximum Gasteiger partial charge on any atom is 0.115 e. The van der Waals surface area contributed by atoms with Gasteiger partial charge in [0.1, 0.15) is 6.33 Å². The van der Waals surface area contributed by atoms with E-state index in [1.807, 2.05) is 11.6 Å². The van der Waals surface area contributed by atoms with Crippen molar-refractivity contribution >= 4 is 5.69 Å². The summed E-state index contributed by atoms with van der Waals surface area (Å²) in [7, 11) is 0. The molecule has 0 aliphatic rings. The Bertz CT molecular complexity index is 518. The predicted octanol–water partition coefficient (Wildman–Crippen LogP) is 2.48. The summed E-state index contributed by atoms with van der Waals surface area (Å²) in [5.41, 5.74) is 4.46. The van der Waals surface area contributed by atoms with Crippen molar-refractivity contribution in [2.24, 2.45) is 0 Å². The second kappa shape index (κ2) is 5.16. The van der Waals surface area contributed by atoms with Crippen LogP contribution in [-0.2, 0) is 6.54 Å². The Labute approximate surface area is 107 Å². The molecular formula is C13H19N5. The van der Waals surface area contributed by atoms with Crippen molar-refractivity contribution in [1.29, 1.82) is 0 Å². The van der Waals surface area contributed by atoms with Gasteiger partial charge in [0, 0.05) is 17.8 Å². The lowest BCUT2D eigenvalue weighted by molar-refractivity contribution is 0.632. The van der Waals surface area contributed by atoms with E-state index >= 15 is 0 Å². The Morgan fingerprint density at radius 2 is 1.94 bits per heavy atom. The first-order valence-electron chi connectivity index (χ1n) is 6.19. The molecule has 0 amide bonds. The summed E-state index contributed by atoms with van der Waals surface area (Å²) in [6, 6.07) is 0.191. The second-order valence-electron chi connectivity index (χ2n) is 4.39. The van der Waals surface area contributed by atoms with Gasteiger partial charge in [-0.2, -0.15) is 5.10 Å². The fourth-order valence-corrected chi connectivity index (χ4v) is 2.34. The van der Waals surface area contributed by atoms with Crippen molar-refractivity contribution in [3.05, 3.63) is 35.7 Å². The van der Waals surface area contributed by atoms with Crippen LogP contribution < -0.4 is 5.32 Å². The number of nitrogens with zero attached hydrogens (tertiary/aromatic N) is 4. The highest BCUT2D eigenvalue weighted by atomic mass is 15.3. The Hall–Kier alpha value is -1.91. The van der Waals surface area contributed by atoms with Crippen LogP contribution in [0.1, 0.15) is 36.8 Å². The number of rotatable bonds is 4. The Morgan fingerprint density at radius 1 is 1.28 bits per heavy atom. The summed E-state index contributed by atoms with van der Waals surface area (Å²) in [4.78, 5) is 8.01. The Kier molecular flexibility index (Phi) is 3.60. The third-order valence-corrected chi connectivity index (χ3v) is 3.11. The molecule has 1 N–H and O–H groups in total. The van der Waals surface area contributed by atoms with Gasteiger partial charge in [0.05, 0.1) is 29.8 Å². The lowest BCUT2D eigenvalue weighted by Crippen LogP contribution is -2.09. The maximum absolute atomic E-state index is 4.54. The standard InChI is InChI=1S/C13H19N5/c1-5-18-11(4)13(10(3)17-18)9(2)16-12-6-14-8-15-7-12/h6-9,16H,5H2,1-4H3. The molecular weight excluding hydrogens is 226 g/mol. The molecule has 0 spiro atoms. The molecule has 18 heavy (non-hydrogen) atoms. The molecule has 2 aromatic heterocycles. The van der Waals surface area contributed by atoms with Crippen LogP contribution in [-0.4, -0.2) is 19.7 Å². The van der Waals surface area contributed by atoms with E-state index < -0.39 is 0 Å². The highest BCUT2D eigenvalue weighted by Crippen LogP contribution is 2.24. The van der Waals surface area contributed by atoms with Crippen LogP contribution in [0.15, 0.2) is 18.7 Å². The summed E-state index contributed by atoms with van der Waals surface area (Å²) in [5, 5.41) is 7.94. The van der Waals surface area contributed by atoms with Gasteiger partial charge in [-0.15, -0.1) is 0 Å². The molecule has 5 nitrogen and oxygen atoms in total. The number of hydrogen-bond acceptors (Lipinski definition) is 4. The monoisotopic (exact) mass is 245 g/mol. The highest BCUT2D eigenvalue weighted by Gasteiger charge is 2.16. The van der Waals surface area contributed by atoms with Gasteiger partial charge >= 0.3 is 0 Å². The minimum atomic E-state index is 0.191. The van der Waals surface area contributed by atoms with E-state index in [1.165, 1.54) is 17.6 Å². The molecule has 0 saturated carbocycles. The topological polar surface area (TPSA) is 55.6 Å². The van der Waals surface area contributed by atoms with Crippen LogP contribution in [0.5, 0.6) is 0 Å². The second-order valence-corrected chi connectivity index (χ2v) is 4.39. The van der Waals surface area contributed by atoms with Gasteiger partial charge in [0.2, 0.25) is 0 Å². The highest BCUT2D eigenvalue weighted by molar-refractivity contribution is 5.42. The van der Waals surface area contributed by atoms with E-state index in [2.05, 4.69) is 41.2 Å². The predicted molar refractivity (Wildman–Crippen MR) is 71.4 cm³/mol. The van der Waals surface area contributed by atoms with Gasteiger partial charge in [0.15, 0.2) is 0 Å². The van der Waals surface area contributed by atoms with Gasteiger partial charge in [-0.3, -0.25) is 4.68 Å². The first-order chi connectivity index (χ1) is 8.63. The fraction of sp³-hybridized carbons (Fsp3) is 0.462. The van der Waals surface area contributed by atoms with Crippen molar-refractivity contribution < 1.29 is 0 Å². The van der Waals surface area contributed by atoms with Crippen LogP contribution in [0.25, 0.3) is 0 Å². The molecule has 5 heteroatoms. The third-order valence-electron chi connectivity index (χ3n) is 3.11. The van der Waals surface area contributed by atoms with Crippen LogP contribution in [0.4, 0.5) is 5.69 Å². The van der Waals surface area contributed by atoms with Crippen LogP contribution >= 0.6 is 0 Å². The van der Waals surface area contributed by atoms with E-state index in [1.54, 1.807) is 12.4 Å². The zero-order chi connectivity index (χ0) is 13.1. The molecule has 2 rings (SSSR count). The quantitative estimate of drug-likeness (QED) is 0.899. The zero-order valence-electron chi connectivity index (χ0n) is 11.3. The Balaban J connectivity index is 2.24. The zero-order valence-corrected chi connectivity index (χ0v) is 11.3. The van der Waals surface area contributed by atoms with Crippen LogP contribution in [0.2, 0.25) is 0 Å². The van der Waals surface area contributed by atoms with Crippen LogP contribution in [0.3, 0.4) is 0 Å². The lowest BCUT2D eigenvalue weighted by Gasteiger charge is -2.15. The van der Waals surface area contributed by atoms with E-state index in [9.17, 15) is 0 Å². The molecule has 2 aromatic rings. The molecule has 1 unspecified atom stereocenters. The average Bonchev–Trinajstić information content (AvgIpc) is 2.65. The number of anilines is 1. The van der Waals surface area contributed by atoms with Gasteiger partial charge in [-0.05, 0) is 27.7 Å². The van der Waals surface area contributed by atoms with E-state index in [-0.39, 0.29) is 6.04 Å².